The zero-order valence-electron chi connectivity index (χ0n) is 11.9. The predicted octanol–water partition coefficient (Wildman–Crippen LogP) is 2.32. The summed E-state index contributed by atoms with van der Waals surface area (Å²) in [6.45, 7) is 2.62. The fourth-order valence-electron chi connectivity index (χ4n) is 2.10. The van der Waals surface area contributed by atoms with Gasteiger partial charge in [-0.05, 0) is 37.1 Å². The normalized spacial score (nSPS) is 17.9. The highest BCUT2D eigenvalue weighted by molar-refractivity contribution is 7.99. The van der Waals surface area contributed by atoms with Crippen LogP contribution in [0.15, 0.2) is 29.2 Å². The summed E-state index contributed by atoms with van der Waals surface area (Å²) >= 11 is 7.53. The molecule has 1 aliphatic rings. The number of halogens is 1. The van der Waals surface area contributed by atoms with Gasteiger partial charge in [0.15, 0.2) is 0 Å². The third kappa shape index (κ3) is 6.70. The average Bonchev–Trinajstić information content (AvgIpc) is 2.99. The van der Waals surface area contributed by atoms with Gasteiger partial charge in [0.05, 0.1) is 12.6 Å². The van der Waals surface area contributed by atoms with Crippen molar-refractivity contribution in [3.05, 3.63) is 29.3 Å². The van der Waals surface area contributed by atoms with Crippen LogP contribution in [-0.2, 0) is 9.53 Å². The van der Waals surface area contributed by atoms with Gasteiger partial charge in [-0.15, -0.1) is 11.8 Å². The lowest BCUT2D eigenvalue weighted by molar-refractivity contribution is -0.120. The van der Waals surface area contributed by atoms with Crippen molar-refractivity contribution in [3.8, 4) is 0 Å². The number of hydrogen-bond donors (Lipinski definition) is 2. The van der Waals surface area contributed by atoms with Gasteiger partial charge in [-0.3, -0.25) is 4.79 Å². The minimum atomic E-state index is 0.0321. The van der Waals surface area contributed by atoms with Crippen molar-refractivity contribution in [1.82, 2.24) is 10.6 Å². The lowest BCUT2D eigenvalue weighted by Crippen LogP contribution is -2.37. The van der Waals surface area contributed by atoms with Crippen molar-refractivity contribution < 1.29 is 9.53 Å². The molecular formula is C15H21ClN2O2S. The fourth-order valence-corrected chi connectivity index (χ4v) is 3.00. The van der Waals surface area contributed by atoms with Gasteiger partial charge in [-0.1, -0.05) is 11.6 Å². The molecule has 1 aromatic rings. The van der Waals surface area contributed by atoms with E-state index < -0.39 is 0 Å². The highest BCUT2D eigenvalue weighted by atomic mass is 35.5. The van der Waals surface area contributed by atoms with E-state index in [4.69, 9.17) is 16.3 Å². The molecule has 0 radical (unpaired) electrons. The molecule has 1 heterocycles. The first-order chi connectivity index (χ1) is 10.2. The molecule has 1 amide bonds. The summed E-state index contributed by atoms with van der Waals surface area (Å²) in [4.78, 5) is 12.8. The summed E-state index contributed by atoms with van der Waals surface area (Å²) in [5.41, 5.74) is 0. The van der Waals surface area contributed by atoms with Crippen molar-refractivity contribution in [2.45, 2.75) is 23.8 Å². The van der Waals surface area contributed by atoms with Crippen molar-refractivity contribution >= 4 is 29.3 Å². The van der Waals surface area contributed by atoms with E-state index in [9.17, 15) is 4.79 Å². The molecule has 116 valence electrons. The minimum Gasteiger partial charge on any atom is -0.377 e. The van der Waals surface area contributed by atoms with Gasteiger partial charge >= 0.3 is 0 Å². The van der Waals surface area contributed by atoms with E-state index in [1.807, 2.05) is 24.3 Å². The van der Waals surface area contributed by atoms with Gasteiger partial charge in [0, 0.05) is 35.4 Å². The fraction of sp³-hybridized carbons (Fsp3) is 0.533. The van der Waals surface area contributed by atoms with Crippen LogP contribution in [0.25, 0.3) is 0 Å². The molecule has 0 aromatic heterocycles. The highest BCUT2D eigenvalue weighted by Gasteiger charge is 2.14. The highest BCUT2D eigenvalue weighted by Crippen LogP contribution is 2.19. The van der Waals surface area contributed by atoms with Crippen LogP contribution >= 0.6 is 23.4 Å². The maximum Gasteiger partial charge on any atom is 0.233 e. The van der Waals surface area contributed by atoms with Gasteiger partial charge in [-0.25, -0.2) is 0 Å². The Labute approximate surface area is 135 Å². The standard InChI is InChI=1S/C15H21ClN2O2S/c16-12-3-5-14(6-4-12)21-9-7-18-15(19)11-17-10-13-2-1-8-20-13/h3-6,13,17H,1-2,7-11H2,(H,18,19). The second-order valence-electron chi connectivity index (χ2n) is 4.92. The van der Waals surface area contributed by atoms with Gasteiger partial charge < -0.3 is 15.4 Å². The number of rotatable bonds is 8. The molecule has 1 aromatic carbocycles. The molecule has 1 aliphatic heterocycles. The Balaban J connectivity index is 1.49. The van der Waals surface area contributed by atoms with Crippen molar-refractivity contribution in [3.63, 3.8) is 0 Å². The van der Waals surface area contributed by atoms with Crippen molar-refractivity contribution in [2.75, 3.05) is 32.0 Å². The monoisotopic (exact) mass is 328 g/mol. The van der Waals surface area contributed by atoms with Crippen LogP contribution in [-0.4, -0.2) is 44.0 Å². The first-order valence-corrected chi connectivity index (χ1v) is 8.58. The average molecular weight is 329 g/mol. The Morgan fingerprint density at radius 3 is 2.90 bits per heavy atom. The molecule has 21 heavy (non-hydrogen) atoms. The molecular weight excluding hydrogens is 308 g/mol. The van der Waals surface area contributed by atoms with Gasteiger partial charge in [0.2, 0.25) is 5.91 Å². The third-order valence-corrected chi connectivity index (χ3v) is 4.45. The van der Waals surface area contributed by atoms with Gasteiger partial charge in [0.1, 0.15) is 0 Å². The van der Waals surface area contributed by atoms with Crippen molar-refractivity contribution in [1.29, 1.82) is 0 Å². The zero-order valence-corrected chi connectivity index (χ0v) is 13.5. The molecule has 0 aliphatic carbocycles. The first kappa shape index (κ1) is 16.6. The first-order valence-electron chi connectivity index (χ1n) is 7.21. The van der Waals surface area contributed by atoms with Crippen molar-refractivity contribution in [2.24, 2.45) is 0 Å². The molecule has 1 unspecified atom stereocenters. The van der Waals surface area contributed by atoms with Gasteiger partial charge in [0.25, 0.3) is 0 Å². The van der Waals surface area contributed by atoms with Crippen LogP contribution in [0, 0.1) is 0 Å². The maximum absolute atomic E-state index is 11.6. The summed E-state index contributed by atoms with van der Waals surface area (Å²) in [7, 11) is 0. The maximum atomic E-state index is 11.6. The van der Waals surface area contributed by atoms with E-state index in [1.165, 1.54) is 0 Å². The SMILES string of the molecule is O=C(CNCC1CCCO1)NCCSc1ccc(Cl)cc1. The number of nitrogens with one attached hydrogen (secondary N) is 2. The number of carbonyl (C=O) groups excluding carboxylic acids is 1. The lowest BCUT2D eigenvalue weighted by atomic mass is 10.2. The number of hydrogen-bond acceptors (Lipinski definition) is 4. The summed E-state index contributed by atoms with van der Waals surface area (Å²) in [6.07, 6.45) is 2.49. The Bertz CT molecular complexity index is 436. The van der Waals surface area contributed by atoms with Crippen LogP contribution in [0.4, 0.5) is 0 Å². The minimum absolute atomic E-state index is 0.0321. The third-order valence-electron chi connectivity index (χ3n) is 3.19. The molecule has 0 saturated carbocycles. The molecule has 6 heteroatoms. The van der Waals surface area contributed by atoms with Gasteiger partial charge in [-0.2, -0.15) is 0 Å². The topological polar surface area (TPSA) is 50.4 Å². The van der Waals surface area contributed by atoms with Crippen LogP contribution in [0.2, 0.25) is 5.02 Å². The molecule has 1 saturated heterocycles. The van der Waals surface area contributed by atoms with Crippen LogP contribution in [0.5, 0.6) is 0 Å². The summed E-state index contributed by atoms with van der Waals surface area (Å²) in [6, 6.07) is 7.71. The second kappa shape index (κ2) is 9.30. The summed E-state index contributed by atoms with van der Waals surface area (Å²) in [5, 5.41) is 6.77. The molecule has 4 nitrogen and oxygen atoms in total. The second-order valence-corrected chi connectivity index (χ2v) is 6.52. The van der Waals surface area contributed by atoms with E-state index in [0.29, 0.717) is 13.1 Å². The van der Waals surface area contributed by atoms with Crippen LogP contribution in [0.3, 0.4) is 0 Å². The lowest BCUT2D eigenvalue weighted by Gasteiger charge is -2.10. The Morgan fingerprint density at radius 2 is 2.19 bits per heavy atom. The number of ether oxygens (including phenoxy) is 1. The molecule has 0 spiro atoms. The zero-order chi connectivity index (χ0) is 14.9. The predicted molar refractivity (Wildman–Crippen MR) is 87.0 cm³/mol. The molecule has 0 bridgehead atoms. The van der Waals surface area contributed by atoms with Crippen LogP contribution in [0.1, 0.15) is 12.8 Å². The van der Waals surface area contributed by atoms with Crippen LogP contribution < -0.4 is 10.6 Å². The molecule has 2 rings (SSSR count). The number of amides is 1. The number of benzene rings is 1. The molecule has 1 fully saturated rings. The van der Waals surface area contributed by atoms with E-state index in [1.54, 1.807) is 11.8 Å². The van der Waals surface area contributed by atoms with E-state index in [0.717, 1.165) is 41.7 Å². The van der Waals surface area contributed by atoms with E-state index in [-0.39, 0.29) is 12.0 Å². The largest absolute Gasteiger partial charge is 0.377 e. The Kier molecular flexibility index (Phi) is 7.36. The Hall–Kier alpha value is -0.750. The summed E-state index contributed by atoms with van der Waals surface area (Å²) < 4.78 is 5.48. The number of thioether (sulfide) groups is 1. The summed E-state index contributed by atoms with van der Waals surface area (Å²) in [5.74, 6) is 0.878. The van der Waals surface area contributed by atoms with E-state index in [2.05, 4.69) is 10.6 Å². The Morgan fingerprint density at radius 1 is 1.38 bits per heavy atom. The molecule has 2 N–H and O–H groups in total. The number of carbonyl (C=O) groups is 1. The quantitative estimate of drug-likeness (QED) is 0.568. The smallest absolute Gasteiger partial charge is 0.233 e. The molecule has 1 atom stereocenters. The van der Waals surface area contributed by atoms with E-state index >= 15 is 0 Å².